The van der Waals surface area contributed by atoms with Crippen molar-refractivity contribution in [2.24, 2.45) is 21.7 Å². The van der Waals surface area contributed by atoms with Crippen LogP contribution in [0.5, 0.6) is 0 Å². The summed E-state index contributed by atoms with van der Waals surface area (Å²) in [4.78, 5) is 45.0. The van der Waals surface area contributed by atoms with Gasteiger partial charge in [-0.05, 0) is 94.9 Å². The number of rotatable bonds is 12. The molecule has 9 heteroatoms. The third-order valence-electron chi connectivity index (χ3n) is 7.06. The predicted molar refractivity (Wildman–Crippen MR) is 156 cm³/mol. The van der Waals surface area contributed by atoms with Crippen LogP contribution in [0.1, 0.15) is 77.6 Å². The van der Waals surface area contributed by atoms with Crippen molar-refractivity contribution in [2.45, 2.75) is 81.1 Å². The van der Waals surface area contributed by atoms with E-state index in [1.54, 1.807) is 41.5 Å². The fourth-order valence-electron chi connectivity index (χ4n) is 4.07. The standard InChI is InChI=1S/C17H23O3.C16H22O4.2Rh/c1-12(18)16(2,3)10-13-7-6-8-14(9-13)11-17(4,5)15(19)20;1-15(2,13(17)18)9-11-6-5-7-12(8-11)10-16(3,4)14(19)20;;/h6-9H,1,10-11H2,2-5H3,(H,19,20);5-8H,9-10H2,1-4H3,(H,17,18)(H,19,20);;/q-1;;;. The van der Waals surface area contributed by atoms with Crippen LogP contribution >= 0.6 is 0 Å². The van der Waals surface area contributed by atoms with Gasteiger partial charge in [0, 0.05) is 44.7 Å². The van der Waals surface area contributed by atoms with Crippen molar-refractivity contribution in [1.82, 2.24) is 0 Å². The molecule has 0 fully saturated rings. The van der Waals surface area contributed by atoms with Crippen LogP contribution in [0.2, 0.25) is 0 Å². The predicted octanol–water partition coefficient (Wildman–Crippen LogP) is 6.30. The van der Waals surface area contributed by atoms with Gasteiger partial charge in [0.05, 0.1) is 16.2 Å². The third-order valence-corrected chi connectivity index (χ3v) is 7.06. The first kappa shape index (κ1) is 41.8. The number of benzene rings is 2. The maximum Gasteiger partial charge on any atom is 0.309 e. The molecule has 0 heterocycles. The Bertz CT molecular complexity index is 1050. The average Bonchev–Trinajstić information content (AvgIpc) is 2.78. The molecule has 238 valence electrons. The molecule has 2 radical (unpaired) electrons. The minimum atomic E-state index is -0.839. The van der Waals surface area contributed by atoms with E-state index in [1.165, 1.54) is 0 Å². The SMILES string of the molecule is CC(C)(Cc1cccc(CC(C)(C)C(=O)O)c1)C(=O)O.[CH2-]C(=O)C(C)(C)Cc1cccc(CC(C)(C)C(=O)O)c1.[Rh].[Rh]. The van der Waals surface area contributed by atoms with Gasteiger partial charge in [-0.15, -0.1) is 0 Å². The molecular weight excluding hydrogens is 714 g/mol. The molecule has 0 saturated heterocycles. The number of hydrogen-bond acceptors (Lipinski definition) is 4. The summed E-state index contributed by atoms with van der Waals surface area (Å²) in [7, 11) is 0. The normalized spacial score (nSPS) is 11.6. The molecule has 0 aromatic heterocycles. The molecule has 0 aliphatic carbocycles. The van der Waals surface area contributed by atoms with Crippen LogP contribution in [0.25, 0.3) is 0 Å². The van der Waals surface area contributed by atoms with Crippen molar-refractivity contribution in [1.29, 1.82) is 0 Å². The summed E-state index contributed by atoms with van der Waals surface area (Å²) in [5, 5.41) is 27.5. The van der Waals surface area contributed by atoms with Gasteiger partial charge in [0.25, 0.3) is 0 Å². The summed E-state index contributed by atoms with van der Waals surface area (Å²) >= 11 is 0. The third kappa shape index (κ3) is 13.3. The maximum atomic E-state index is 11.5. The summed E-state index contributed by atoms with van der Waals surface area (Å²) < 4.78 is 0. The monoisotopic (exact) mass is 759 g/mol. The number of aliphatic carboxylic acids is 3. The van der Waals surface area contributed by atoms with Crippen LogP contribution < -0.4 is 0 Å². The van der Waals surface area contributed by atoms with E-state index in [1.807, 2.05) is 62.4 Å². The molecule has 3 N–H and O–H groups in total. The van der Waals surface area contributed by atoms with E-state index in [0.29, 0.717) is 25.7 Å². The van der Waals surface area contributed by atoms with Gasteiger partial charge in [-0.2, -0.15) is 0 Å². The van der Waals surface area contributed by atoms with Crippen LogP contribution in [0.3, 0.4) is 0 Å². The van der Waals surface area contributed by atoms with Crippen molar-refractivity contribution >= 4 is 23.7 Å². The second-order valence-electron chi connectivity index (χ2n) is 13.2. The van der Waals surface area contributed by atoms with Gasteiger partial charge in [-0.25, -0.2) is 0 Å². The summed E-state index contributed by atoms with van der Waals surface area (Å²) in [6, 6.07) is 15.3. The van der Waals surface area contributed by atoms with Crippen molar-refractivity contribution in [2.75, 3.05) is 0 Å². The largest absolute Gasteiger partial charge is 0.481 e. The van der Waals surface area contributed by atoms with E-state index in [4.69, 9.17) is 10.2 Å². The van der Waals surface area contributed by atoms with Crippen molar-refractivity contribution in [3.05, 3.63) is 77.7 Å². The number of Topliss-reactive ketones (excluding diaryl/α,β-unsaturated/α-hetero) is 1. The van der Waals surface area contributed by atoms with Crippen molar-refractivity contribution in [3.63, 3.8) is 0 Å². The first-order chi connectivity index (χ1) is 18.1. The van der Waals surface area contributed by atoms with E-state index in [2.05, 4.69) is 6.92 Å². The fraction of sp³-hybridized carbons (Fsp3) is 0.485. The summed E-state index contributed by atoms with van der Waals surface area (Å²) in [5.41, 5.74) is 0.874. The van der Waals surface area contributed by atoms with E-state index < -0.39 is 39.6 Å². The molecule has 0 spiro atoms. The van der Waals surface area contributed by atoms with Gasteiger partial charge in [0.2, 0.25) is 0 Å². The Balaban J connectivity index is 0. The molecule has 0 aliphatic rings. The van der Waals surface area contributed by atoms with E-state index >= 15 is 0 Å². The van der Waals surface area contributed by atoms with Crippen LogP contribution in [-0.4, -0.2) is 39.0 Å². The number of ketones is 1. The Morgan fingerprint density at radius 2 is 0.738 bits per heavy atom. The Morgan fingerprint density at radius 1 is 0.524 bits per heavy atom. The van der Waals surface area contributed by atoms with Gasteiger partial charge < -0.3 is 27.0 Å². The summed E-state index contributed by atoms with van der Waals surface area (Å²) in [6.07, 6.45) is 1.92. The van der Waals surface area contributed by atoms with Gasteiger partial charge in [0.15, 0.2) is 0 Å². The first-order valence-electron chi connectivity index (χ1n) is 13.3. The van der Waals surface area contributed by atoms with Crippen LogP contribution in [0.4, 0.5) is 0 Å². The molecule has 2 aromatic rings. The van der Waals surface area contributed by atoms with Crippen LogP contribution in [-0.2, 0) is 83.8 Å². The average molecular weight is 760 g/mol. The Morgan fingerprint density at radius 3 is 0.929 bits per heavy atom. The van der Waals surface area contributed by atoms with E-state index in [-0.39, 0.29) is 44.7 Å². The number of carboxylic acids is 3. The second-order valence-corrected chi connectivity index (χ2v) is 13.2. The Hall–Kier alpha value is -2.36. The minimum absolute atomic E-state index is 0. The smallest absolute Gasteiger partial charge is 0.309 e. The minimum Gasteiger partial charge on any atom is -0.481 e. The molecule has 0 saturated carbocycles. The van der Waals surface area contributed by atoms with Crippen molar-refractivity contribution < 1.29 is 73.5 Å². The number of carboxylic acid groups (broad SMARTS) is 3. The molecule has 42 heavy (non-hydrogen) atoms. The van der Waals surface area contributed by atoms with Crippen LogP contribution in [0, 0.1) is 28.6 Å². The zero-order valence-corrected chi connectivity index (χ0v) is 29.1. The number of hydrogen-bond donors (Lipinski definition) is 3. The number of carbonyl (C=O) groups is 4. The maximum absolute atomic E-state index is 11.5. The van der Waals surface area contributed by atoms with Gasteiger partial charge >= 0.3 is 17.9 Å². The Kier molecular flexibility index (Phi) is 16.4. The molecule has 0 atom stereocenters. The molecule has 0 amide bonds. The summed E-state index contributed by atoms with van der Waals surface area (Å²) in [5.74, 6) is -2.58. The zero-order valence-electron chi connectivity index (χ0n) is 25.8. The topological polar surface area (TPSA) is 129 Å². The fourth-order valence-corrected chi connectivity index (χ4v) is 4.07. The zero-order chi connectivity index (χ0) is 31.1. The van der Waals surface area contributed by atoms with Gasteiger partial charge in [-0.1, -0.05) is 62.4 Å². The van der Waals surface area contributed by atoms with Crippen LogP contribution in [0.15, 0.2) is 48.5 Å². The molecule has 7 nitrogen and oxygen atoms in total. The Labute approximate surface area is 276 Å². The molecule has 2 rings (SSSR count). The van der Waals surface area contributed by atoms with E-state index in [0.717, 1.165) is 22.3 Å². The summed E-state index contributed by atoms with van der Waals surface area (Å²) in [6.45, 7) is 17.4. The molecular formula is C33H45O7Rh2-. The molecule has 0 bridgehead atoms. The molecule has 2 aromatic carbocycles. The molecule has 0 aliphatic heterocycles. The van der Waals surface area contributed by atoms with Crippen molar-refractivity contribution in [3.8, 4) is 0 Å². The van der Waals surface area contributed by atoms with Gasteiger partial charge in [-0.3, -0.25) is 14.4 Å². The van der Waals surface area contributed by atoms with E-state index in [9.17, 15) is 24.3 Å². The number of carbonyl (C=O) groups excluding carboxylic acids is 1. The quantitative estimate of drug-likeness (QED) is 0.171. The molecule has 0 unspecified atom stereocenters. The van der Waals surface area contributed by atoms with Gasteiger partial charge in [0.1, 0.15) is 0 Å². The first-order valence-corrected chi connectivity index (χ1v) is 13.3. The second kappa shape index (κ2) is 16.5.